The molecule has 3 rings (SSSR count). The molecule has 3 aromatic carbocycles. The van der Waals surface area contributed by atoms with Gasteiger partial charge in [0.15, 0.2) is 11.5 Å². The van der Waals surface area contributed by atoms with Gasteiger partial charge >= 0.3 is 0 Å². The molecule has 172 valence electrons. The van der Waals surface area contributed by atoms with Crippen molar-refractivity contribution >= 4 is 35.1 Å². The molecule has 0 bridgehead atoms. The number of nitro groups is 1. The van der Waals surface area contributed by atoms with Gasteiger partial charge in [-0.1, -0.05) is 36.4 Å². The zero-order chi connectivity index (χ0) is 24.5. The summed E-state index contributed by atoms with van der Waals surface area (Å²) in [6.45, 7) is 0.185. The van der Waals surface area contributed by atoms with Crippen molar-refractivity contribution in [1.82, 2.24) is 0 Å². The van der Waals surface area contributed by atoms with E-state index in [-0.39, 0.29) is 34.9 Å². The van der Waals surface area contributed by atoms with Gasteiger partial charge in [0, 0.05) is 10.6 Å². The lowest BCUT2D eigenvalue weighted by atomic mass is 10.1. The molecule has 0 aromatic heterocycles. The molecule has 0 spiro atoms. The van der Waals surface area contributed by atoms with Crippen LogP contribution in [0.1, 0.15) is 11.1 Å². The molecule has 9 heteroatoms. The highest BCUT2D eigenvalue weighted by atomic mass is 32.2. The first-order valence-electron chi connectivity index (χ1n) is 10.1. The van der Waals surface area contributed by atoms with Crippen molar-refractivity contribution in [2.24, 2.45) is 0 Å². The summed E-state index contributed by atoms with van der Waals surface area (Å²) in [6, 6.07) is 20.9. The van der Waals surface area contributed by atoms with Crippen LogP contribution in [0.3, 0.4) is 0 Å². The number of carbonyl (C=O) groups excluding carboxylic acids is 1. The summed E-state index contributed by atoms with van der Waals surface area (Å²) in [6.07, 6.45) is 3.07. The predicted molar refractivity (Wildman–Crippen MR) is 131 cm³/mol. The SMILES string of the molecule is COc1cc(/C=C(\C#N)C(=O)Nc2cccc(SC)c2)c([N+](=O)[O-])cc1OCc1ccccc1. The van der Waals surface area contributed by atoms with E-state index in [0.717, 1.165) is 16.5 Å². The van der Waals surface area contributed by atoms with Crippen LogP contribution in [-0.4, -0.2) is 24.2 Å². The first-order valence-corrected chi connectivity index (χ1v) is 11.3. The molecule has 0 aliphatic carbocycles. The Bertz CT molecular complexity index is 1270. The summed E-state index contributed by atoms with van der Waals surface area (Å²) >= 11 is 1.51. The number of nitrogens with one attached hydrogen (secondary N) is 1. The highest BCUT2D eigenvalue weighted by Crippen LogP contribution is 2.36. The number of anilines is 1. The van der Waals surface area contributed by atoms with Crippen LogP contribution in [0.5, 0.6) is 11.5 Å². The summed E-state index contributed by atoms with van der Waals surface area (Å²) in [7, 11) is 1.40. The Morgan fingerprint density at radius 1 is 1.15 bits per heavy atom. The number of hydrogen-bond donors (Lipinski definition) is 1. The van der Waals surface area contributed by atoms with E-state index >= 15 is 0 Å². The summed E-state index contributed by atoms with van der Waals surface area (Å²) < 4.78 is 11.1. The second-order valence-electron chi connectivity index (χ2n) is 6.95. The van der Waals surface area contributed by atoms with Gasteiger partial charge in [-0.25, -0.2) is 0 Å². The van der Waals surface area contributed by atoms with Crippen molar-refractivity contribution in [2.45, 2.75) is 11.5 Å². The number of methoxy groups -OCH3 is 1. The van der Waals surface area contributed by atoms with E-state index in [1.807, 2.05) is 48.7 Å². The van der Waals surface area contributed by atoms with Crippen molar-refractivity contribution in [3.63, 3.8) is 0 Å². The Morgan fingerprint density at radius 2 is 1.91 bits per heavy atom. The molecular weight excluding hydrogens is 454 g/mol. The van der Waals surface area contributed by atoms with Gasteiger partial charge in [0.05, 0.1) is 23.7 Å². The standard InChI is InChI=1S/C25H21N3O5S/c1-32-23-12-18(11-19(15-26)25(29)27-20-9-6-10-21(13-20)34-2)22(28(30)31)14-24(23)33-16-17-7-4-3-5-8-17/h3-14H,16H2,1-2H3,(H,27,29)/b19-11+. The number of ether oxygens (including phenoxy) is 2. The first-order chi connectivity index (χ1) is 16.4. The highest BCUT2D eigenvalue weighted by molar-refractivity contribution is 7.98. The number of amides is 1. The fourth-order valence-electron chi connectivity index (χ4n) is 3.05. The largest absolute Gasteiger partial charge is 0.493 e. The van der Waals surface area contributed by atoms with Gasteiger partial charge in [0.2, 0.25) is 0 Å². The maximum Gasteiger partial charge on any atom is 0.280 e. The van der Waals surface area contributed by atoms with Crippen LogP contribution in [0.25, 0.3) is 6.08 Å². The Labute approximate surface area is 201 Å². The number of nitrogens with zero attached hydrogens (tertiary/aromatic N) is 2. The van der Waals surface area contributed by atoms with E-state index < -0.39 is 10.8 Å². The Hall–Kier alpha value is -4.29. The second kappa shape index (κ2) is 11.5. The van der Waals surface area contributed by atoms with Crippen LogP contribution >= 0.6 is 11.8 Å². The molecule has 0 unspecified atom stereocenters. The average molecular weight is 476 g/mol. The van der Waals surface area contributed by atoms with E-state index in [2.05, 4.69) is 5.32 Å². The molecule has 3 aromatic rings. The van der Waals surface area contributed by atoms with Crippen LogP contribution in [0.4, 0.5) is 11.4 Å². The maximum atomic E-state index is 12.7. The van der Waals surface area contributed by atoms with E-state index in [4.69, 9.17) is 9.47 Å². The molecule has 0 aliphatic heterocycles. The molecule has 1 amide bonds. The fraction of sp³-hybridized carbons (Fsp3) is 0.120. The number of hydrogen-bond acceptors (Lipinski definition) is 7. The van der Waals surface area contributed by atoms with Crippen molar-refractivity contribution in [3.05, 3.63) is 93.5 Å². The molecule has 0 saturated carbocycles. The molecule has 0 saturated heterocycles. The smallest absolute Gasteiger partial charge is 0.280 e. The second-order valence-corrected chi connectivity index (χ2v) is 7.83. The summed E-state index contributed by atoms with van der Waals surface area (Å²) in [5, 5.41) is 23.9. The van der Waals surface area contributed by atoms with Gasteiger partial charge in [0.25, 0.3) is 11.6 Å². The normalized spacial score (nSPS) is 10.8. The summed E-state index contributed by atoms with van der Waals surface area (Å²) in [5.74, 6) is -0.274. The van der Waals surface area contributed by atoms with Gasteiger partial charge in [-0.2, -0.15) is 5.26 Å². The van der Waals surface area contributed by atoms with Gasteiger partial charge < -0.3 is 14.8 Å². The highest BCUT2D eigenvalue weighted by Gasteiger charge is 2.21. The minimum absolute atomic E-state index is 0.0403. The number of nitriles is 1. The Morgan fingerprint density at radius 3 is 2.56 bits per heavy atom. The lowest BCUT2D eigenvalue weighted by Gasteiger charge is -2.12. The van der Waals surface area contributed by atoms with Crippen molar-refractivity contribution in [2.75, 3.05) is 18.7 Å². The van der Waals surface area contributed by atoms with Crippen LogP contribution in [-0.2, 0) is 11.4 Å². The lowest BCUT2D eigenvalue weighted by Crippen LogP contribution is -2.13. The maximum absolute atomic E-state index is 12.7. The first kappa shape index (κ1) is 24.4. The number of carbonyl (C=O) groups is 1. The quantitative estimate of drug-likeness (QED) is 0.144. The number of benzene rings is 3. The zero-order valence-corrected chi connectivity index (χ0v) is 19.3. The molecule has 0 radical (unpaired) electrons. The monoisotopic (exact) mass is 475 g/mol. The fourth-order valence-corrected chi connectivity index (χ4v) is 3.51. The van der Waals surface area contributed by atoms with E-state index in [9.17, 15) is 20.2 Å². The zero-order valence-electron chi connectivity index (χ0n) is 18.5. The van der Waals surface area contributed by atoms with E-state index in [1.54, 1.807) is 18.2 Å². The number of rotatable bonds is 9. The summed E-state index contributed by atoms with van der Waals surface area (Å²) in [4.78, 5) is 24.8. The average Bonchev–Trinajstić information content (AvgIpc) is 2.86. The van der Waals surface area contributed by atoms with Gasteiger partial charge in [-0.15, -0.1) is 11.8 Å². The van der Waals surface area contributed by atoms with E-state index in [1.165, 1.54) is 31.0 Å². The lowest BCUT2D eigenvalue weighted by molar-refractivity contribution is -0.385. The summed E-state index contributed by atoms with van der Waals surface area (Å²) in [5.41, 5.74) is 0.810. The Balaban J connectivity index is 1.92. The molecular formula is C25H21N3O5S. The number of thioether (sulfide) groups is 1. The van der Waals surface area contributed by atoms with E-state index in [0.29, 0.717) is 5.69 Å². The molecule has 8 nitrogen and oxygen atoms in total. The van der Waals surface area contributed by atoms with Gasteiger partial charge in [0.1, 0.15) is 18.2 Å². The third-order valence-corrected chi connectivity index (χ3v) is 5.46. The molecule has 0 atom stereocenters. The molecule has 1 N–H and O–H groups in total. The molecule has 0 heterocycles. The van der Waals surface area contributed by atoms with Crippen molar-refractivity contribution in [1.29, 1.82) is 5.26 Å². The minimum Gasteiger partial charge on any atom is -0.493 e. The van der Waals surface area contributed by atoms with Crippen molar-refractivity contribution in [3.8, 4) is 17.6 Å². The molecule has 0 aliphatic rings. The topological polar surface area (TPSA) is 114 Å². The third kappa shape index (κ3) is 6.15. The van der Waals surface area contributed by atoms with Crippen molar-refractivity contribution < 1.29 is 19.2 Å². The van der Waals surface area contributed by atoms with Crippen LogP contribution in [0, 0.1) is 21.4 Å². The minimum atomic E-state index is -0.682. The Kier molecular flexibility index (Phi) is 8.26. The predicted octanol–water partition coefficient (Wildman–Crippen LogP) is 5.45. The molecule has 34 heavy (non-hydrogen) atoms. The molecule has 0 fully saturated rings. The van der Waals surface area contributed by atoms with Gasteiger partial charge in [-0.3, -0.25) is 14.9 Å². The van der Waals surface area contributed by atoms with Gasteiger partial charge in [-0.05, 0) is 42.2 Å². The van der Waals surface area contributed by atoms with Crippen LogP contribution < -0.4 is 14.8 Å². The van der Waals surface area contributed by atoms with Crippen LogP contribution in [0.15, 0.2) is 77.2 Å². The number of nitro benzene ring substituents is 1. The third-order valence-electron chi connectivity index (χ3n) is 4.74. The van der Waals surface area contributed by atoms with Crippen LogP contribution in [0.2, 0.25) is 0 Å².